The number of hydrogen-bond acceptors (Lipinski definition) is 3. The number of fused-ring (bicyclic) bond motifs is 1. The number of unbranched alkanes of at least 4 members (excludes halogenated alkanes) is 2. The van der Waals surface area contributed by atoms with Gasteiger partial charge in [0, 0.05) is 25.1 Å². The van der Waals surface area contributed by atoms with Crippen LogP contribution in [-0.4, -0.2) is 22.9 Å². The molecule has 4 nitrogen and oxygen atoms in total. The summed E-state index contributed by atoms with van der Waals surface area (Å²) in [5, 5.41) is 11.2. The van der Waals surface area contributed by atoms with Gasteiger partial charge in [0.05, 0.1) is 10.6 Å². The average Bonchev–Trinajstić information content (AvgIpc) is 2.38. The van der Waals surface area contributed by atoms with Crippen LogP contribution in [0.15, 0.2) is 23.5 Å². The Kier molecular flexibility index (Phi) is 4.39. The van der Waals surface area contributed by atoms with Gasteiger partial charge in [-0.05, 0) is 25.7 Å². The maximum atomic E-state index is 11.2. The van der Waals surface area contributed by atoms with Crippen molar-refractivity contribution in [1.82, 2.24) is 4.90 Å². The smallest absolute Gasteiger partial charge is 0.288 e. The summed E-state index contributed by atoms with van der Waals surface area (Å²) in [5.74, 6) is 0.380. The first-order valence-corrected chi connectivity index (χ1v) is 7.04. The first-order chi connectivity index (χ1) is 8.74. The van der Waals surface area contributed by atoms with E-state index in [2.05, 4.69) is 11.8 Å². The van der Waals surface area contributed by atoms with E-state index in [0.29, 0.717) is 11.6 Å². The molecule has 0 N–H and O–H groups in total. The fourth-order valence-corrected chi connectivity index (χ4v) is 3.01. The third-order valence-corrected chi connectivity index (χ3v) is 3.90. The van der Waals surface area contributed by atoms with Crippen LogP contribution in [0.25, 0.3) is 0 Å². The van der Waals surface area contributed by atoms with E-state index < -0.39 is 0 Å². The van der Waals surface area contributed by atoms with Crippen molar-refractivity contribution in [3.63, 3.8) is 0 Å². The van der Waals surface area contributed by atoms with Crippen LogP contribution in [0.3, 0.4) is 0 Å². The van der Waals surface area contributed by atoms with Crippen molar-refractivity contribution in [2.75, 3.05) is 13.1 Å². The van der Waals surface area contributed by atoms with Gasteiger partial charge < -0.3 is 4.90 Å². The van der Waals surface area contributed by atoms with Crippen LogP contribution >= 0.6 is 0 Å². The summed E-state index contributed by atoms with van der Waals surface area (Å²) in [7, 11) is 0. The summed E-state index contributed by atoms with van der Waals surface area (Å²) in [5.41, 5.74) is 1.34. The minimum absolute atomic E-state index is 0.212. The zero-order valence-electron chi connectivity index (χ0n) is 11.1. The van der Waals surface area contributed by atoms with Crippen LogP contribution in [0.5, 0.6) is 0 Å². The number of likely N-dealkylation sites (tertiary alicyclic amines) is 1. The fourth-order valence-electron chi connectivity index (χ4n) is 3.01. The molecule has 0 aromatic rings. The highest BCUT2D eigenvalue weighted by molar-refractivity contribution is 5.27. The van der Waals surface area contributed by atoms with Gasteiger partial charge in [-0.15, -0.1) is 0 Å². The summed E-state index contributed by atoms with van der Waals surface area (Å²) in [6, 6.07) is 0. The number of hydrogen-bond donors (Lipinski definition) is 0. The molecule has 0 aromatic carbocycles. The van der Waals surface area contributed by atoms with E-state index in [0.717, 1.165) is 38.0 Å². The number of nitro groups is 1. The number of piperidine rings is 1. The maximum Gasteiger partial charge on any atom is 0.288 e. The second-order valence-electron chi connectivity index (χ2n) is 5.20. The Balaban J connectivity index is 2.17. The molecule has 0 aromatic heterocycles. The van der Waals surface area contributed by atoms with E-state index in [9.17, 15) is 10.1 Å². The molecule has 0 amide bonds. The molecule has 18 heavy (non-hydrogen) atoms. The van der Waals surface area contributed by atoms with Crippen molar-refractivity contribution < 1.29 is 4.92 Å². The third kappa shape index (κ3) is 2.74. The molecule has 2 rings (SSSR count). The predicted octanol–water partition coefficient (Wildman–Crippen LogP) is 3.34. The van der Waals surface area contributed by atoms with Crippen LogP contribution in [0.4, 0.5) is 0 Å². The minimum atomic E-state index is -0.212. The van der Waals surface area contributed by atoms with Gasteiger partial charge in [-0.2, -0.15) is 0 Å². The van der Waals surface area contributed by atoms with Gasteiger partial charge in [0.25, 0.3) is 5.70 Å². The Morgan fingerprint density at radius 1 is 1.50 bits per heavy atom. The van der Waals surface area contributed by atoms with E-state index in [-0.39, 0.29) is 4.92 Å². The van der Waals surface area contributed by atoms with E-state index in [1.54, 1.807) is 6.08 Å². The van der Waals surface area contributed by atoms with Gasteiger partial charge in [0.15, 0.2) is 0 Å². The Morgan fingerprint density at radius 2 is 2.33 bits per heavy atom. The topological polar surface area (TPSA) is 46.4 Å². The SMILES string of the molecule is CCCCCN1CCCC2CC=CC([N+](=O)[O-])=C21. The zero-order valence-corrected chi connectivity index (χ0v) is 11.1. The third-order valence-electron chi connectivity index (χ3n) is 3.90. The molecule has 0 spiro atoms. The van der Waals surface area contributed by atoms with E-state index in [1.807, 2.05) is 6.08 Å². The first-order valence-electron chi connectivity index (χ1n) is 7.04. The number of allylic oxidation sites excluding steroid dienone is 3. The van der Waals surface area contributed by atoms with Crippen LogP contribution in [0.2, 0.25) is 0 Å². The van der Waals surface area contributed by atoms with Crippen molar-refractivity contribution in [2.45, 2.75) is 45.4 Å². The molecule has 1 atom stereocenters. The predicted molar refractivity (Wildman–Crippen MR) is 71.6 cm³/mol. The molecule has 1 unspecified atom stereocenters. The van der Waals surface area contributed by atoms with Crippen LogP contribution in [-0.2, 0) is 0 Å². The molecule has 4 heteroatoms. The summed E-state index contributed by atoms with van der Waals surface area (Å²) in [6.45, 7) is 4.15. The lowest BCUT2D eigenvalue weighted by Gasteiger charge is -2.37. The van der Waals surface area contributed by atoms with Gasteiger partial charge in [-0.3, -0.25) is 10.1 Å². The average molecular weight is 250 g/mol. The highest BCUT2D eigenvalue weighted by Gasteiger charge is 2.33. The lowest BCUT2D eigenvalue weighted by atomic mass is 9.86. The van der Waals surface area contributed by atoms with Crippen LogP contribution in [0, 0.1) is 16.0 Å². The van der Waals surface area contributed by atoms with Gasteiger partial charge in [-0.1, -0.05) is 25.8 Å². The standard InChI is InChI=1S/C14H22N2O2/c1-2-3-4-10-15-11-6-8-12-7-5-9-13(14(12)15)16(17)18/h5,9,12H,2-4,6-8,10-11H2,1H3. The van der Waals surface area contributed by atoms with Crippen molar-refractivity contribution >= 4 is 0 Å². The molecule has 1 fully saturated rings. The molecule has 1 heterocycles. The van der Waals surface area contributed by atoms with E-state index in [4.69, 9.17) is 0 Å². The molecule has 0 saturated carbocycles. The molecule has 100 valence electrons. The maximum absolute atomic E-state index is 11.2. The second-order valence-corrected chi connectivity index (χ2v) is 5.20. The van der Waals surface area contributed by atoms with Crippen LogP contribution < -0.4 is 0 Å². The normalized spacial score (nSPS) is 23.2. The van der Waals surface area contributed by atoms with Gasteiger partial charge in [-0.25, -0.2) is 0 Å². The van der Waals surface area contributed by atoms with Crippen molar-refractivity contribution in [1.29, 1.82) is 0 Å². The van der Waals surface area contributed by atoms with E-state index in [1.165, 1.54) is 19.3 Å². The number of rotatable bonds is 5. The lowest BCUT2D eigenvalue weighted by molar-refractivity contribution is -0.422. The van der Waals surface area contributed by atoms with E-state index >= 15 is 0 Å². The van der Waals surface area contributed by atoms with Gasteiger partial charge in [0.2, 0.25) is 0 Å². The van der Waals surface area contributed by atoms with Gasteiger partial charge in [0.1, 0.15) is 0 Å². The largest absolute Gasteiger partial charge is 0.369 e. The quantitative estimate of drug-likeness (QED) is 0.427. The Bertz CT molecular complexity index is 374. The zero-order chi connectivity index (χ0) is 13.0. The highest BCUT2D eigenvalue weighted by atomic mass is 16.6. The Hall–Kier alpha value is -1.32. The molecule has 0 radical (unpaired) electrons. The minimum Gasteiger partial charge on any atom is -0.369 e. The molecule has 2 aliphatic rings. The summed E-state index contributed by atoms with van der Waals surface area (Å²) >= 11 is 0. The molecular formula is C14H22N2O2. The first kappa shape index (κ1) is 13.1. The molecule has 1 saturated heterocycles. The molecule has 0 bridgehead atoms. The Morgan fingerprint density at radius 3 is 3.06 bits per heavy atom. The second kappa shape index (κ2) is 6.03. The summed E-state index contributed by atoms with van der Waals surface area (Å²) in [4.78, 5) is 13.2. The molecule has 1 aliphatic carbocycles. The van der Waals surface area contributed by atoms with Crippen LogP contribution in [0.1, 0.15) is 45.4 Å². The summed E-state index contributed by atoms with van der Waals surface area (Å²) < 4.78 is 0. The molecular weight excluding hydrogens is 228 g/mol. The summed E-state index contributed by atoms with van der Waals surface area (Å²) in [6.07, 6.45) is 10.4. The van der Waals surface area contributed by atoms with Crippen molar-refractivity contribution in [3.05, 3.63) is 33.7 Å². The highest BCUT2D eigenvalue weighted by Crippen LogP contribution is 2.35. The molecule has 1 aliphatic heterocycles. The van der Waals surface area contributed by atoms with Crippen molar-refractivity contribution in [3.8, 4) is 0 Å². The van der Waals surface area contributed by atoms with Crippen molar-refractivity contribution in [2.24, 2.45) is 5.92 Å². The van der Waals surface area contributed by atoms with Gasteiger partial charge >= 0.3 is 0 Å². The number of nitrogens with zero attached hydrogens (tertiary/aromatic N) is 2. The monoisotopic (exact) mass is 250 g/mol. The fraction of sp³-hybridized carbons (Fsp3) is 0.714. The lowest BCUT2D eigenvalue weighted by Crippen LogP contribution is -2.36. The Labute approximate surface area is 109 Å².